The zero-order valence-electron chi connectivity index (χ0n) is 6.65. The van der Waals surface area contributed by atoms with E-state index in [2.05, 4.69) is 0 Å². The SMILES string of the molecule is FC(F)(F)C(F)(F)CCCC(Cl)(Cl)Cl. The van der Waals surface area contributed by atoms with E-state index >= 15 is 0 Å². The maximum Gasteiger partial charge on any atom is 0.453 e. The summed E-state index contributed by atoms with van der Waals surface area (Å²) in [6.45, 7) is 0. The van der Waals surface area contributed by atoms with Crippen LogP contribution in [0.4, 0.5) is 22.0 Å². The monoisotopic (exact) mass is 278 g/mol. The van der Waals surface area contributed by atoms with Gasteiger partial charge in [-0.2, -0.15) is 22.0 Å². The Kier molecular flexibility index (Phi) is 4.75. The second-order valence-electron chi connectivity index (χ2n) is 2.67. The zero-order chi connectivity index (χ0) is 11.6. The summed E-state index contributed by atoms with van der Waals surface area (Å²) in [5.74, 6) is -4.72. The van der Waals surface area contributed by atoms with Crippen molar-refractivity contribution >= 4 is 34.8 Å². The number of rotatable bonds is 3. The van der Waals surface area contributed by atoms with Crippen LogP contribution in [0, 0.1) is 0 Å². The highest BCUT2D eigenvalue weighted by Gasteiger charge is 2.56. The van der Waals surface area contributed by atoms with E-state index in [9.17, 15) is 22.0 Å². The maximum atomic E-state index is 12.3. The average Bonchev–Trinajstić information content (AvgIpc) is 1.80. The third-order valence-corrected chi connectivity index (χ3v) is 1.93. The molecule has 0 radical (unpaired) electrons. The molecule has 0 saturated carbocycles. The molecule has 0 unspecified atom stereocenters. The molecule has 0 rings (SSSR count). The zero-order valence-corrected chi connectivity index (χ0v) is 8.91. The van der Waals surface area contributed by atoms with Crippen LogP contribution in [0.25, 0.3) is 0 Å². The van der Waals surface area contributed by atoms with Crippen LogP contribution in [0.1, 0.15) is 19.3 Å². The molecule has 0 aliphatic heterocycles. The van der Waals surface area contributed by atoms with E-state index in [4.69, 9.17) is 34.8 Å². The quantitative estimate of drug-likeness (QED) is 0.518. The highest BCUT2D eigenvalue weighted by atomic mass is 35.6. The molecule has 0 fully saturated rings. The molecule has 0 aromatic carbocycles. The fraction of sp³-hybridized carbons (Fsp3) is 1.00. The fourth-order valence-corrected chi connectivity index (χ4v) is 1.05. The molecule has 0 atom stereocenters. The van der Waals surface area contributed by atoms with Crippen molar-refractivity contribution < 1.29 is 22.0 Å². The molecular weight excluding hydrogens is 273 g/mol. The molecule has 0 spiro atoms. The molecule has 0 aromatic rings. The van der Waals surface area contributed by atoms with Gasteiger partial charge >= 0.3 is 12.1 Å². The Bertz CT molecular complexity index is 183. The van der Waals surface area contributed by atoms with Gasteiger partial charge in [-0.25, -0.2) is 0 Å². The summed E-state index contributed by atoms with van der Waals surface area (Å²) in [6.07, 6.45) is -7.77. The van der Waals surface area contributed by atoms with Crippen LogP contribution in [0.15, 0.2) is 0 Å². The van der Waals surface area contributed by atoms with Gasteiger partial charge in [0.15, 0.2) is 3.79 Å². The minimum Gasteiger partial charge on any atom is -0.196 e. The number of hydrogen-bond acceptors (Lipinski definition) is 0. The van der Waals surface area contributed by atoms with Crippen LogP contribution in [0.2, 0.25) is 0 Å². The van der Waals surface area contributed by atoms with Gasteiger partial charge in [0.05, 0.1) is 0 Å². The maximum absolute atomic E-state index is 12.3. The molecule has 0 aliphatic carbocycles. The van der Waals surface area contributed by atoms with Gasteiger partial charge in [-0.15, -0.1) is 0 Å². The summed E-state index contributed by atoms with van der Waals surface area (Å²) < 4.78 is 57.5. The van der Waals surface area contributed by atoms with Crippen molar-refractivity contribution in [1.82, 2.24) is 0 Å². The van der Waals surface area contributed by atoms with Gasteiger partial charge in [0.1, 0.15) is 0 Å². The van der Waals surface area contributed by atoms with Crippen molar-refractivity contribution in [3.05, 3.63) is 0 Å². The second-order valence-corrected chi connectivity index (χ2v) is 5.19. The second kappa shape index (κ2) is 4.58. The minimum absolute atomic E-state index is 0.344. The first-order valence-electron chi connectivity index (χ1n) is 3.47. The lowest BCUT2D eigenvalue weighted by atomic mass is 10.1. The Morgan fingerprint density at radius 1 is 0.786 bits per heavy atom. The Morgan fingerprint density at radius 3 is 1.50 bits per heavy atom. The minimum atomic E-state index is -5.54. The molecule has 86 valence electrons. The van der Waals surface area contributed by atoms with Crippen LogP contribution < -0.4 is 0 Å². The highest BCUT2D eigenvalue weighted by Crippen LogP contribution is 2.41. The fourth-order valence-electron chi connectivity index (χ4n) is 0.653. The summed E-state index contributed by atoms with van der Waals surface area (Å²) in [5, 5.41) is 0. The Balaban J connectivity index is 4.02. The van der Waals surface area contributed by atoms with Crippen molar-refractivity contribution in [1.29, 1.82) is 0 Å². The van der Waals surface area contributed by atoms with E-state index in [1.807, 2.05) is 0 Å². The standard InChI is InChI=1S/C6H6Cl3F5/c7-5(8,9)3-1-2-4(10,11)6(12,13)14/h1-3H2. The molecule has 0 nitrogen and oxygen atoms in total. The van der Waals surface area contributed by atoms with Crippen LogP contribution in [-0.2, 0) is 0 Å². The van der Waals surface area contributed by atoms with E-state index < -0.39 is 28.7 Å². The lowest BCUT2D eigenvalue weighted by Gasteiger charge is -2.20. The number of alkyl halides is 8. The first-order valence-corrected chi connectivity index (χ1v) is 4.60. The molecule has 0 amide bonds. The van der Waals surface area contributed by atoms with Crippen molar-refractivity contribution in [2.75, 3.05) is 0 Å². The summed E-state index contributed by atoms with van der Waals surface area (Å²) in [5.41, 5.74) is 0. The molecule has 8 heteroatoms. The first-order chi connectivity index (χ1) is 5.96. The molecule has 0 bridgehead atoms. The summed E-state index contributed by atoms with van der Waals surface area (Å²) >= 11 is 15.5. The van der Waals surface area contributed by atoms with Gasteiger partial charge in [0.25, 0.3) is 0 Å². The largest absolute Gasteiger partial charge is 0.453 e. The van der Waals surface area contributed by atoms with Crippen molar-refractivity contribution in [3.8, 4) is 0 Å². The van der Waals surface area contributed by atoms with Crippen molar-refractivity contribution in [2.24, 2.45) is 0 Å². The smallest absolute Gasteiger partial charge is 0.196 e. The van der Waals surface area contributed by atoms with Crippen LogP contribution >= 0.6 is 34.8 Å². The molecule has 0 N–H and O–H groups in total. The van der Waals surface area contributed by atoms with Gasteiger partial charge in [-0.1, -0.05) is 34.8 Å². The van der Waals surface area contributed by atoms with E-state index in [0.29, 0.717) is 0 Å². The Morgan fingerprint density at radius 2 is 1.21 bits per heavy atom. The van der Waals surface area contributed by atoms with Crippen molar-refractivity contribution in [3.63, 3.8) is 0 Å². The van der Waals surface area contributed by atoms with E-state index in [1.54, 1.807) is 0 Å². The average molecular weight is 279 g/mol. The van der Waals surface area contributed by atoms with Gasteiger partial charge in [0.2, 0.25) is 0 Å². The molecule has 0 saturated heterocycles. The topological polar surface area (TPSA) is 0 Å². The molecular formula is C6H6Cl3F5. The normalized spacial score (nSPS) is 14.6. The lowest BCUT2D eigenvalue weighted by Crippen LogP contribution is -2.36. The van der Waals surface area contributed by atoms with E-state index in [-0.39, 0.29) is 6.42 Å². The predicted molar refractivity (Wildman–Crippen MR) is 45.1 cm³/mol. The third-order valence-electron chi connectivity index (χ3n) is 1.37. The summed E-state index contributed by atoms with van der Waals surface area (Å²) in [4.78, 5) is 0. The van der Waals surface area contributed by atoms with Gasteiger partial charge in [-0.3, -0.25) is 0 Å². The molecule has 0 aromatic heterocycles. The molecule has 0 aliphatic rings. The lowest BCUT2D eigenvalue weighted by molar-refractivity contribution is -0.284. The molecule has 14 heavy (non-hydrogen) atoms. The Hall–Kier alpha value is 0.520. The number of hydrogen-bond donors (Lipinski definition) is 0. The van der Waals surface area contributed by atoms with Crippen molar-refractivity contribution in [2.45, 2.75) is 35.2 Å². The number of halogens is 8. The van der Waals surface area contributed by atoms with Gasteiger partial charge in [-0.05, 0) is 12.8 Å². The Labute approximate surface area is 92.3 Å². The predicted octanol–water partition coefficient (Wildman–Crippen LogP) is 4.72. The first kappa shape index (κ1) is 14.5. The van der Waals surface area contributed by atoms with Gasteiger partial charge in [0, 0.05) is 6.42 Å². The van der Waals surface area contributed by atoms with E-state index in [0.717, 1.165) is 0 Å². The third kappa shape index (κ3) is 5.41. The van der Waals surface area contributed by atoms with Crippen LogP contribution in [-0.4, -0.2) is 15.9 Å². The summed E-state index contributed by atoms with van der Waals surface area (Å²) in [6, 6.07) is 0. The van der Waals surface area contributed by atoms with Gasteiger partial charge < -0.3 is 0 Å². The highest BCUT2D eigenvalue weighted by molar-refractivity contribution is 6.67. The summed E-state index contributed by atoms with van der Waals surface area (Å²) in [7, 11) is 0. The van der Waals surface area contributed by atoms with Crippen LogP contribution in [0.3, 0.4) is 0 Å². The van der Waals surface area contributed by atoms with Crippen LogP contribution in [0.5, 0.6) is 0 Å². The van der Waals surface area contributed by atoms with E-state index in [1.165, 1.54) is 0 Å². The molecule has 0 heterocycles.